The number of hydrogen-bond donors (Lipinski definition) is 0. The molecule has 0 fully saturated rings. The highest BCUT2D eigenvalue weighted by Crippen LogP contribution is 2.38. The third kappa shape index (κ3) is 5.39. The average molecular weight is 596 g/mol. The smallest absolute Gasteiger partial charge is 0.164 e. The van der Waals surface area contributed by atoms with Crippen molar-refractivity contribution in [3.8, 4) is 67.0 Å². The van der Waals surface area contributed by atoms with E-state index < -0.39 is 0 Å². The first-order valence-electron chi connectivity index (χ1n) is 14.7. The Bertz CT molecular complexity index is 2190. The molecule has 5 aromatic carbocycles. The molecular weight excluding hydrogens is 571 g/mol. The van der Waals surface area contributed by atoms with Crippen LogP contribution in [0.2, 0.25) is 0 Å². The lowest BCUT2D eigenvalue weighted by Crippen LogP contribution is -2.00. The molecule has 0 aliphatic rings. The molecule has 0 N–H and O–H groups in total. The van der Waals surface area contributed by atoms with Crippen LogP contribution in [0.1, 0.15) is 0 Å². The summed E-state index contributed by atoms with van der Waals surface area (Å²) in [5.41, 5.74) is 9.11. The second-order valence-corrected chi connectivity index (χ2v) is 11.6. The second-order valence-electron chi connectivity index (χ2n) is 10.6. The quantitative estimate of drug-likeness (QED) is 0.191. The molecule has 0 atom stereocenters. The fraction of sp³-hybridized carbons (Fsp3) is 0. The average Bonchev–Trinajstić information content (AvgIpc) is 3.56. The minimum absolute atomic E-state index is 0.613. The zero-order chi connectivity index (χ0) is 30.0. The van der Waals surface area contributed by atoms with E-state index in [1.54, 1.807) is 17.5 Å². The Morgan fingerprint density at radius 2 is 0.978 bits per heavy atom. The van der Waals surface area contributed by atoms with Crippen LogP contribution >= 0.6 is 11.3 Å². The maximum atomic E-state index is 4.99. The van der Waals surface area contributed by atoms with Crippen LogP contribution in [0.15, 0.2) is 152 Å². The van der Waals surface area contributed by atoms with E-state index in [0.717, 1.165) is 59.7 Å². The van der Waals surface area contributed by atoms with E-state index in [1.807, 2.05) is 91.1 Å². The molecule has 6 heteroatoms. The summed E-state index contributed by atoms with van der Waals surface area (Å²) in [4.78, 5) is 24.2. The number of thiazole rings is 1. The van der Waals surface area contributed by atoms with Crippen LogP contribution in [0.4, 0.5) is 0 Å². The van der Waals surface area contributed by atoms with E-state index in [9.17, 15) is 0 Å². The minimum atomic E-state index is 0.613. The first-order valence-corrected chi connectivity index (χ1v) is 15.5. The zero-order valence-corrected chi connectivity index (χ0v) is 24.9. The van der Waals surface area contributed by atoms with Crippen LogP contribution in [0, 0.1) is 0 Å². The second kappa shape index (κ2) is 11.7. The van der Waals surface area contributed by atoms with Crippen molar-refractivity contribution in [1.82, 2.24) is 24.9 Å². The highest BCUT2D eigenvalue weighted by Gasteiger charge is 2.16. The summed E-state index contributed by atoms with van der Waals surface area (Å²) in [7, 11) is 0. The molecular formula is C39H25N5S. The predicted octanol–water partition coefficient (Wildman–Crippen LogP) is 9.88. The Hall–Kier alpha value is -5.85. The SMILES string of the molecule is c1ccc(-c2nc(-c3ccccc3)nc(-c3ccc(-c4ccc5sc(-c6ccccc6)nc5c4)c(-c4cccnc4)c3)n2)cc1. The number of aromatic nitrogens is 5. The van der Waals surface area contributed by atoms with E-state index in [-0.39, 0.29) is 0 Å². The van der Waals surface area contributed by atoms with Gasteiger partial charge in [0.15, 0.2) is 17.5 Å². The van der Waals surface area contributed by atoms with E-state index in [4.69, 9.17) is 19.9 Å². The monoisotopic (exact) mass is 595 g/mol. The normalized spacial score (nSPS) is 11.1. The van der Waals surface area contributed by atoms with Gasteiger partial charge in [-0.25, -0.2) is 19.9 Å². The number of pyridine rings is 1. The first-order chi connectivity index (χ1) is 22.3. The molecule has 3 heterocycles. The zero-order valence-electron chi connectivity index (χ0n) is 24.1. The molecule has 0 bridgehead atoms. The summed E-state index contributed by atoms with van der Waals surface area (Å²) in [6, 6.07) is 47.4. The van der Waals surface area contributed by atoms with Gasteiger partial charge in [0, 0.05) is 40.2 Å². The third-order valence-corrected chi connectivity index (χ3v) is 8.75. The van der Waals surface area contributed by atoms with Gasteiger partial charge in [-0.15, -0.1) is 11.3 Å². The fourth-order valence-corrected chi connectivity index (χ4v) is 6.38. The molecule has 0 aliphatic heterocycles. The molecule has 8 rings (SSSR count). The van der Waals surface area contributed by atoms with Crippen LogP contribution in [0.3, 0.4) is 0 Å². The molecule has 8 aromatic rings. The van der Waals surface area contributed by atoms with Crippen molar-refractivity contribution in [2.45, 2.75) is 0 Å². The summed E-state index contributed by atoms with van der Waals surface area (Å²) in [5.74, 6) is 1.88. The highest BCUT2D eigenvalue weighted by atomic mass is 32.1. The number of rotatable bonds is 6. The fourth-order valence-electron chi connectivity index (χ4n) is 5.43. The standard InChI is InChI=1S/C39H25N5S/c1-4-11-26(12-5-1)36-42-37(27-13-6-2-7-14-27)44-38(43-36)30-18-20-32(33(23-30)31-17-10-22-40-25-31)29-19-21-35-34(24-29)41-39(45-35)28-15-8-3-9-16-28/h1-25H. The molecule has 0 saturated heterocycles. The van der Waals surface area contributed by atoms with E-state index in [1.165, 1.54) is 0 Å². The van der Waals surface area contributed by atoms with Gasteiger partial charge < -0.3 is 0 Å². The van der Waals surface area contributed by atoms with Gasteiger partial charge in [0.25, 0.3) is 0 Å². The molecule has 5 nitrogen and oxygen atoms in total. The van der Waals surface area contributed by atoms with Crippen molar-refractivity contribution in [1.29, 1.82) is 0 Å². The summed E-state index contributed by atoms with van der Waals surface area (Å²) in [6.07, 6.45) is 3.69. The largest absolute Gasteiger partial charge is 0.264 e. The Balaban J connectivity index is 1.28. The molecule has 0 unspecified atom stereocenters. The van der Waals surface area contributed by atoms with Gasteiger partial charge in [-0.05, 0) is 41.0 Å². The van der Waals surface area contributed by atoms with Crippen molar-refractivity contribution >= 4 is 21.6 Å². The van der Waals surface area contributed by atoms with Crippen LogP contribution in [0.5, 0.6) is 0 Å². The first kappa shape index (κ1) is 26.8. The van der Waals surface area contributed by atoms with E-state index in [2.05, 4.69) is 59.6 Å². The molecule has 45 heavy (non-hydrogen) atoms. The van der Waals surface area contributed by atoms with Crippen molar-refractivity contribution in [3.63, 3.8) is 0 Å². The van der Waals surface area contributed by atoms with Crippen LogP contribution in [-0.2, 0) is 0 Å². The molecule has 3 aromatic heterocycles. The molecule has 0 aliphatic carbocycles. The van der Waals surface area contributed by atoms with Crippen molar-refractivity contribution in [2.24, 2.45) is 0 Å². The topological polar surface area (TPSA) is 64.5 Å². The van der Waals surface area contributed by atoms with Gasteiger partial charge in [0.2, 0.25) is 0 Å². The Morgan fingerprint density at radius 1 is 0.400 bits per heavy atom. The van der Waals surface area contributed by atoms with Crippen LogP contribution < -0.4 is 0 Å². The van der Waals surface area contributed by atoms with E-state index >= 15 is 0 Å². The van der Waals surface area contributed by atoms with Gasteiger partial charge in [-0.1, -0.05) is 115 Å². The number of nitrogens with zero attached hydrogens (tertiary/aromatic N) is 5. The minimum Gasteiger partial charge on any atom is -0.264 e. The van der Waals surface area contributed by atoms with Gasteiger partial charge >= 0.3 is 0 Å². The highest BCUT2D eigenvalue weighted by molar-refractivity contribution is 7.21. The Kier molecular flexibility index (Phi) is 6.94. The molecule has 0 spiro atoms. The summed E-state index contributed by atoms with van der Waals surface area (Å²) in [6.45, 7) is 0. The van der Waals surface area contributed by atoms with Crippen molar-refractivity contribution in [2.75, 3.05) is 0 Å². The Morgan fingerprint density at radius 3 is 1.60 bits per heavy atom. The number of hydrogen-bond acceptors (Lipinski definition) is 6. The maximum absolute atomic E-state index is 4.99. The predicted molar refractivity (Wildman–Crippen MR) is 183 cm³/mol. The lowest BCUT2D eigenvalue weighted by atomic mass is 9.93. The third-order valence-electron chi connectivity index (χ3n) is 7.67. The van der Waals surface area contributed by atoms with E-state index in [0.29, 0.717) is 17.5 Å². The van der Waals surface area contributed by atoms with Crippen molar-refractivity contribution in [3.05, 3.63) is 152 Å². The van der Waals surface area contributed by atoms with Gasteiger partial charge in [0.05, 0.1) is 10.2 Å². The lowest BCUT2D eigenvalue weighted by Gasteiger charge is -2.13. The van der Waals surface area contributed by atoms with Crippen molar-refractivity contribution < 1.29 is 0 Å². The summed E-state index contributed by atoms with van der Waals surface area (Å²) >= 11 is 1.71. The molecule has 0 saturated carbocycles. The van der Waals surface area contributed by atoms with Crippen LogP contribution in [0.25, 0.3) is 77.2 Å². The number of fused-ring (bicyclic) bond motifs is 1. The molecule has 0 amide bonds. The Labute approximate surface area is 264 Å². The van der Waals surface area contributed by atoms with Gasteiger partial charge in [0.1, 0.15) is 5.01 Å². The lowest BCUT2D eigenvalue weighted by molar-refractivity contribution is 1.07. The summed E-state index contributed by atoms with van der Waals surface area (Å²) in [5, 5.41) is 1.02. The summed E-state index contributed by atoms with van der Waals surface area (Å²) < 4.78 is 1.16. The molecule has 212 valence electrons. The number of benzene rings is 5. The van der Waals surface area contributed by atoms with Gasteiger partial charge in [-0.2, -0.15) is 0 Å². The van der Waals surface area contributed by atoms with Crippen LogP contribution in [-0.4, -0.2) is 24.9 Å². The van der Waals surface area contributed by atoms with Gasteiger partial charge in [-0.3, -0.25) is 4.98 Å². The maximum Gasteiger partial charge on any atom is 0.164 e. The molecule has 0 radical (unpaired) electrons.